The molecule has 1 aromatic rings. The average molecular weight is 276 g/mol. The standard InChI is InChI=1S/C15H24N4O/c1-12-9-16-15(17-12)13-5-8-18(10-13)11-14(20)19-6-3-2-4-7-19/h9,13H,2-8,10-11H2,1H3,(H,16,17)/t13-/m1/s1. The van der Waals surface area contributed by atoms with E-state index in [0.717, 1.165) is 44.1 Å². The van der Waals surface area contributed by atoms with Gasteiger partial charge in [0.15, 0.2) is 0 Å². The number of hydrogen-bond donors (Lipinski definition) is 1. The fraction of sp³-hybridized carbons (Fsp3) is 0.733. The molecule has 0 saturated carbocycles. The fourth-order valence-electron chi connectivity index (χ4n) is 3.27. The van der Waals surface area contributed by atoms with Crippen LogP contribution in [0.4, 0.5) is 0 Å². The molecule has 2 aliphatic heterocycles. The number of aromatic nitrogens is 2. The van der Waals surface area contributed by atoms with E-state index < -0.39 is 0 Å². The van der Waals surface area contributed by atoms with Crippen LogP contribution in [-0.4, -0.2) is 58.4 Å². The second kappa shape index (κ2) is 5.95. The molecular weight excluding hydrogens is 252 g/mol. The molecule has 1 atom stereocenters. The minimum atomic E-state index is 0.306. The highest BCUT2D eigenvalue weighted by atomic mass is 16.2. The number of nitrogens with one attached hydrogen (secondary N) is 1. The van der Waals surface area contributed by atoms with E-state index in [1.165, 1.54) is 19.3 Å². The fourth-order valence-corrected chi connectivity index (χ4v) is 3.27. The molecule has 1 aromatic heterocycles. The molecule has 20 heavy (non-hydrogen) atoms. The average Bonchev–Trinajstić information content (AvgIpc) is 3.09. The van der Waals surface area contributed by atoms with Crippen molar-refractivity contribution in [3.8, 4) is 0 Å². The van der Waals surface area contributed by atoms with Crippen LogP contribution in [0.25, 0.3) is 0 Å². The van der Waals surface area contributed by atoms with Gasteiger partial charge in [-0.1, -0.05) is 0 Å². The van der Waals surface area contributed by atoms with Crippen molar-refractivity contribution in [1.82, 2.24) is 19.8 Å². The lowest BCUT2D eigenvalue weighted by molar-refractivity contribution is -0.133. The molecule has 110 valence electrons. The van der Waals surface area contributed by atoms with Crippen LogP contribution in [0.5, 0.6) is 0 Å². The lowest BCUT2D eigenvalue weighted by atomic mass is 10.1. The van der Waals surface area contributed by atoms with Gasteiger partial charge in [0, 0.05) is 37.4 Å². The highest BCUT2D eigenvalue weighted by molar-refractivity contribution is 5.78. The van der Waals surface area contributed by atoms with Crippen molar-refractivity contribution in [2.24, 2.45) is 0 Å². The van der Waals surface area contributed by atoms with Gasteiger partial charge in [0.05, 0.1) is 6.54 Å². The van der Waals surface area contributed by atoms with Crippen molar-refractivity contribution < 1.29 is 4.79 Å². The lowest BCUT2D eigenvalue weighted by Gasteiger charge is -2.28. The van der Waals surface area contributed by atoms with Crippen molar-refractivity contribution in [3.63, 3.8) is 0 Å². The first-order chi connectivity index (χ1) is 9.72. The number of amides is 1. The number of piperidine rings is 1. The molecule has 0 radical (unpaired) electrons. The summed E-state index contributed by atoms with van der Waals surface area (Å²) in [7, 11) is 0. The Balaban J connectivity index is 1.51. The summed E-state index contributed by atoms with van der Waals surface area (Å²) in [5.74, 6) is 1.84. The molecule has 5 nitrogen and oxygen atoms in total. The Morgan fingerprint density at radius 3 is 2.85 bits per heavy atom. The molecule has 0 aromatic carbocycles. The summed E-state index contributed by atoms with van der Waals surface area (Å²) in [6.07, 6.45) is 6.59. The summed E-state index contributed by atoms with van der Waals surface area (Å²) < 4.78 is 0. The number of carbonyl (C=O) groups is 1. The highest BCUT2D eigenvalue weighted by Gasteiger charge is 2.28. The Labute approximate surface area is 120 Å². The number of aryl methyl sites for hydroxylation is 1. The first-order valence-corrected chi connectivity index (χ1v) is 7.74. The summed E-state index contributed by atoms with van der Waals surface area (Å²) >= 11 is 0. The van der Waals surface area contributed by atoms with Crippen LogP contribution in [0.1, 0.15) is 43.1 Å². The molecule has 0 bridgehead atoms. The molecule has 2 saturated heterocycles. The van der Waals surface area contributed by atoms with E-state index >= 15 is 0 Å². The van der Waals surface area contributed by atoms with Gasteiger partial charge in [0.1, 0.15) is 5.82 Å². The van der Waals surface area contributed by atoms with Gasteiger partial charge in [-0.3, -0.25) is 9.69 Å². The molecule has 2 aliphatic rings. The highest BCUT2D eigenvalue weighted by Crippen LogP contribution is 2.25. The largest absolute Gasteiger partial charge is 0.346 e. The smallest absolute Gasteiger partial charge is 0.236 e. The third-order valence-corrected chi connectivity index (χ3v) is 4.45. The van der Waals surface area contributed by atoms with Gasteiger partial charge in [0.25, 0.3) is 0 Å². The van der Waals surface area contributed by atoms with E-state index in [2.05, 4.69) is 14.9 Å². The number of aromatic amines is 1. The van der Waals surface area contributed by atoms with Crippen molar-refractivity contribution in [2.45, 2.75) is 38.5 Å². The van der Waals surface area contributed by atoms with Crippen LogP contribution < -0.4 is 0 Å². The van der Waals surface area contributed by atoms with Crippen LogP contribution in [0.15, 0.2) is 6.20 Å². The quantitative estimate of drug-likeness (QED) is 0.910. The molecule has 3 heterocycles. The molecule has 0 unspecified atom stereocenters. The molecule has 1 amide bonds. The predicted octanol–water partition coefficient (Wildman–Crippen LogP) is 1.52. The van der Waals surface area contributed by atoms with Crippen molar-refractivity contribution in [3.05, 3.63) is 17.7 Å². The van der Waals surface area contributed by atoms with Crippen LogP contribution in [0.3, 0.4) is 0 Å². The van der Waals surface area contributed by atoms with Crippen molar-refractivity contribution in [1.29, 1.82) is 0 Å². The Kier molecular flexibility index (Phi) is 4.05. The van der Waals surface area contributed by atoms with Crippen LogP contribution >= 0.6 is 0 Å². The van der Waals surface area contributed by atoms with Crippen LogP contribution in [0.2, 0.25) is 0 Å². The molecule has 0 spiro atoms. The first-order valence-electron chi connectivity index (χ1n) is 7.74. The van der Waals surface area contributed by atoms with E-state index in [1.807, 2.05) is 18.0 Å². The topological polar surface area (TPSA) is 52.2 Å². The van der Waals surface area contributed by atoms with E-state index in [0.29, 0.717) is 18.4 Å². The third-order valence-electron chi connectivity index (χ3n) is 4.45. The Hall–Kier alpha value is -1.36. The summed E-state index contributed by atoms with van der Waals surface area (Å²) in [5, 5.41) is 0. The van der Waals surface area contributed by atoms with Gasteiger partial charge in [-0.15, -0.1) is 0 Å². The molecular formula is C15H24N4O. The third kappa shape index (κ3) is 3.03. The Morgan fingerprint density at radius 1 is 1.35 bits per heavy atom. The van der Waals surface area contributed by atoms with Crippen LogP contribution in [-0.2, 0) is 4.79 Å². The van der Waals surface area contributed by atoms with Crippen molar-refractivity contribution >= 4 is 5.91 Å². The summed E-state index contributed by atoms with van der Waals surface area (Å²) in [6, 6.07) is 0. The summed E-state index contributed by atoms with van der Waals surface area (Å²) in [5.41, 5.74) is 1.11. The molecule has 5 heteroatoms. The first kappa shape index (κ1) is 13.6. The van der Waals surface area contributed by atoms with E-state index in [4.69, 9.17) is 0 Å². The maximum Gasteiger partial charge on any atom is 0.236 e. The van der Waals surface area contributed by atoms with E-state index in [9.17, 15) is 4.79 Å². The van der Waals surface area contributed by atoms with Gasteiger partial charge in [-0.25, -0.2) is 4.98 Å². The molecule has 3 rings (SSSR count). The predicted molar refractivity (Wildman–Crippen MR) is 77.6 cm³/mol. The zero-order valence-corrected chi connectivity index (χ0v) is 12.3. The summed E-state index contributed by atoms with van der Waals surface area (Å²) in [6.45, 7) is 6.47. The zero-order chi connectivity index (χ0) is 13.9. The van der Waals surface area contributed by atoms with Gasteiger partial charge in [-0.2, -0.15) is 0 Å². The lowest BCUT2D eigenvalue weighted by Crippen LogP contribution is -2.42. The number of hydrogen-bond acceptors (Lipinski definition) is 3. The molecule has 0 aliphatic carbocycles. The number of likely N-dealkylation sites (tertiary alicyclic amines) is 2. The van der Waals surface area contributed by atoms with Gasteiger partial charge in [0.2, 0.25) is 5.91 Å². The van der Waals surface area contributed by atoms with Gasteiger partial charge in [-0.05, 0) is 39.2 Å². The summed E-state index contributed by atoms with van der Waals surface area (Å²) in [4.78, 5) is 24.3. The number of imidazole rings is 1. The minimum absolute atomic E-state index is 0.306. The van der Waals surface area contributed by atoms with Crippen LogP contribution in [0, 0.1) is 6.92 Å². The maximum atomic E-state index is 12.3. The number of H-pyrrole nitrogens is 1. The Morgan fingerprint density at radius 2 is 2.15 bits per heavy atom. The number of nitrogens with zero attached hydrogens (tertiary/aromatic N) is 3. The van der Waals surface area contributed by atoms with Crippen molar-refractivity contribution in [2.75, 3.05) is 32.7 Å². The van der Waals surface area contributed by atoms with E-state index in [1.54, 1.807) is 0 Å². The van der Waals surface area contributed by atoms with E-state index in [-0.39, 0.29) is 0 Å². The second-order valence-electron chi connectivity index (χ2n) is 6.11. The SMILES string of the molecule is Cc1cnc([C@@H]2CCN(CC(=O)N3CCCCC3)C2)[nH]1. The number of carbonyl (C=O) groups excluding carboxylic acids is 1. The Bertz CT molecular complexity index is 464. The monoisotopic (exact) mass is 276 g/mol. The molecule has 1 N–H and O–H groups in total. The van der Waals surface area contributed by atoms with Gasteiger partial charge >= 0.3 is 0 Å². The second-order valence-corrected chi connectivity index (χ2v) is 6.11. The zero-order valence-electron chi connectivity index (χ0n) is 12.3. The van der Waals surface area contributed by atoms with Gasteiger partial charge < -0.3 is 9.88 Å². The normalized spacial score (nSPS) is 24.2. The number of rotatable bonds is 3. The maximum absolute atomic E-state index is 12.3. The minimum Gasteiger partial charge on any atom is -0.346 e. The molecule has 2 fully saturated rings.